The number of aliphatic hydroxyl groups excluding tert-OH is 2. The molecule has 0 aliphatic carbocycles. The van der Waals surface area contributed by atoms with E-state index in [2.05, 4.69) is 62.3 Å². The molecule has 6 heterocycles. The smallest absolute Gasteiger partial charge is 0.407 e. The van der Waals surface area contributed by atoms with Crippen LogP contribution in [0.1, 0.15) is 91.2 Å². The number of benzene rings is 3. The van der Waals surface area contributed by atoms with Crippen LogP contribution in [0.5, 0.6) is 5.75 Å². The van der Waals surface area contributed by atoms with E-state index in [0.29, 0.717) is 37.1 Å². The summed E-state index contributed by atoms with van der Waals surface area (Å²) in [6.45, 7) is 14.4. The normalized spacial score (nSPS) is 19.1. The quantitative estimate of drug-likeness (QED) is 0.0432. The number of carbonyl (C=O) groups is 3. The number of fused-ring (bicyclic) bond motifs is 4. The highest BCUT2D eigenvalue weighted by atomic mass is 32.1. The van der Waals surface area contributed by atoms with Gasteiger partial charge in [0.1, 0.15) is 18.4 Å². The lowest BCUT2D eigenvalue weighted by Gasteiger charge is -2.50. The molecule has 3 aromatic heterocycles. The van der Waals surface area contributed by atoms with E-state index in [0.717, 1.165) is 68.4 Å². The molecule has 2 bridgehead atoms. The van der Waals surface area contributed by atoms with E-state index in [9.17, 15) is 24.6 Å². The van der Waals surface area contributed by atoms with Gasteiger partial charge in [-0.2, -0.15) is 0 Å². The summed E-state index contributed by atoms with van der Waals surface area (Å²) in [5.74, 6) is 1.73. The van der Waals surface area contributed by atoms with E-state index in [1.54, 1.807) is 43.4 Å². The molecule has 0 saturated carbocycles. The first-order valence-electron chi connectivity index (χ1n) is 25.5. The first-order valence-corrected chi connectivity index (χ1v) is 27.3. The van der Waals surface area contributed by atoms with Crippen molar-refractivity contribution in [3.05, 3.63) is 153 Å². The summed E-state index contributed by atoms with van der Waals surface area (Å²) < 4.78 is 10.8. The van der Waals surface area contributed by atoms with E-state index >= 15 is 0 Å². The van der Waals surface area contributed by atoms with Crippen molar-refractivity contribution in [3.63, 3.8) is 0 Å². The minimum absolute atomic E-state index is 0.0671. The molecular formula is C57H72N8O7S2. The van der Waals surface area contributed by atoms with Crippen LogP contribution in [0.15, 0.2) is 121 Å². The second kappa shape index (κ2) is 26.8. The first kappa shape index (κ1) is 55.5. The van der Waals surface area contributed by atoms with Crippen molar-refractivity contribution in [1.82, 2.24) is 40.7 Å². The van der Waals surface area contributed by atoms with Crippen molar-refractivity contribution in [2.24, 2.45) is 17.8 Å². The first-order chi connectivity index (χ1) is 35.7. The molecule has 74 heavy (non-hydrogen) atoms. The summed E-state index contributed by atoms with van der Waals surface area (Å²) in [5.41, 5.74) is 6.20. The molecule has 0 radical (unpaired) electrons. The predicted molar refractivity (Wildman–Crippen MR) is 292 cm³/mol. The van der Waals surface area contributed by atoms with Crippen LogP contribution in [0.3, 0.4) is 0 Å². The van der Waals surface area contributed by atoms with Crippen molar-refractivity contribution in [2.45, 2.75) is 115 Å². The Morgan fingerprint density at radius 1 is 0.946 bits per heavy atom. The van der Waals surface area contributed by atoms with Crippen LogP contribution in [0.25, 0.3) is 10.9 Å². The van der Waals surface area contributed by atoms with E-state index in [1.807, 2.05) is 104 Å². The van der Waals surface area contributed by atoms with Crippen LogP contribution < -0.4 is 20.7 Å². The van der Waals surface area contributed by atoms with E-state index < -0.39 is 36.4 Å². The number of alkyl carbamates (subject to hydrolysis) is 1. The number of urea groups is 1. The van der Waals surface area contributed by atoms with Gasteiger partial charge >= 0.3 is 12.1 Å². The molecule has 3 fully saturated rings. The van der Waals surface area contributed by atoms with Crippen LogP contribution in [-0.4, -0.2) is 111 Å². The molecule has 17 heteroatoms. The fourth-order valence-electron chi connectivity index (χ4n) is 9.83. The summed E-state index contributed by atoms with van der Waals surface area (Å²) in [5, 5.41) is 35.6. The third-order valence-corrected chi connectivity index (χ3v) is 15.9. The molecule has 5 N–H and O–H groups in total. The average Bonchev–Trinajstić information content (AvgIpc) is 4.13. The lowest BCUT2D eigenvalue weighted by atomic mass is 9.73. The number of methoxy groups -OCH3 is 1. The van der Waals surface area contributed by atoms with Crippen molar-refractivity contribution in [2.75, 3.05) is 27.2 Å². The number of rotatable bonds is 21. The molecule has 6 aromatic rings. The molecule has 9 rings (SSSR count). The molecule has 3 aliphatic rings. The summed E-state index contributed by atoms with van der Waals surface area (Å²) >= 11 is 2.95. The SMILES string of the molecule is C=C[C@H]1CN2CC[C@H]1C[C@@H]2[C@@H](O)c1ccnc2ccc(OC)cc12.CC(C)c1nc(CN(C)C(=O)N[C@H](C(=O)N[C@@H](Cc2ccccc2)C[C@H](O)[C@H](Cc2ccccc2)NC(=O)OCc2cncs2)C(C)C)cs1. The Labute approximate surface area is 443 Å². The summed E-state index contributed by atoms with van der Waals surface area (Å²) in [7, 11) is 3.34. The van der Waals surface area contributed by atoms with Gasteiger partial charge < -0.3 is 40.5 Å². The highest BCUT2D eigenvalue weighted by Crippen LogP contribution is 2.42. The highest BCUT2D eigenvalue weighted by Gasteiger charge is 2.42. The van der Waals surface area contributed by atoms with Gasteiger partial charge in [-0.1, -0.05) is 94.4 Å². The van der Waals surface area contributed by atoms with Gasteiger partial charge in [0.2, 0.25) is 5.91 Å². The number of thiazole rings is 2. The number of aromatic nitrogens is 3. The fraction of sp³-hybridized carbons (Fsp3) is 0.439. The van der Waals surface area contributed by atoms with E-state index in [1.165, 1.54) is 22.7 Å². The van der Waals surface area contributed by atoms with Crippen molar-refractivity contribution >= 4 is 51.6 Å². The van der Waals surface area contributed by atoms with Gasteiger partial charge in [-0.25, -0.2) is 14.6 Å². The van der Waals surface area contributed by atoms with Crippen molar-refractivity contribution < 1.29 is 34.1 Å². The zero-order chi connectivity index (χ0) is 52.7. The Morgan fingerprint density at radius 3 is 2.30 bits per heavy atom. The van der Waals surface area contributed by atoms with Gasteiger partial charge in [0.15, 0.2) is 0 Å². The maximum atomic E-state index is 13.9. The molecule has 15 nitrogen and oxygen atoms in total. The standard InChI is InChI=1S/C37H48N6O5S2.C20H24N2O2/c1-24(2)33(42-36(46)43(5)20-29-22-49-35(40-29)25(3)4)34(45)39-28(16-26-12-8-6-9-13-26)18-32(44)31(17-27-14-10-7-11-15-27)41-37(47)48-21-30-19-38-23-50-30;1-3-13-12-22-9-7-14(13)10-19(22)20(23)16-6-8-21-18-5-4-15(24-2)11-17(16)18/h6-15,19,22-25,28,31-33,44H,16-18,20-21H2,1-5H3,(H,39,45)(H,41,47)(H,42,46);3-6,8,11,13-14,19-20,23H,1,7,9-10,12H2,2H3/t28-,31-,32-,33-;13-,14-,19+,20-/m00/s1. The lowest BCUT2D eigenvalue weighted by molar-refractivity contribution is -0.124. The molecule has 0 spiro atoms. The summed E-state index contributed by atoms with van der Waals surface area (Å²) in [4.78, 5) is 57.8. The van der Waals surface area contributed by atoms with Crippen LogP contribution in [-0.2, 0) is 35.5 Å². The van der Waals surface area contributed by atoms with Crippen LogP contribution >= 0.6 is 22.7 Å². The maximum absolute atomic E-state index is 13.9. The van der Waals surface area contributed by atoms with Gasteiger partial charge in [0.25, 0.3) is 0 Å². The molecule has 4 amide bonds. The second-order valence-electron chi connectivity index (χ2n) is 20.0. The molecule has 3 aromatic carbocycles. The summed E-state index contributed by atoms with van der Waals surface area (Å²) in [6.07, 6.45) is 6.46. The molecule has 3 aliphatic heterocycles. The largest absolute Gasteiger partial charge is 0.497 e. The third-order valence-electron chi connectivity index (χ3n) is 13.9. The lowest BCUT2D eigenvalue weighted by Crippen LogP contribution is -2.55. The van der Waals surface area contributed by atoms with Crippen LogP contribution in [0, 0.1) is 17.8 Å². The van der Waals surface area contributed by atoms with Gasteiger partial charge in [-0.3, -0.25) is 19.7 Å². The van der Waals surface area contributed by atoms with Gasteiger partial charge in [0, 0.05) is 54.8 Å². The van der Waals surface area contributed by atoms with Gasteiger partial charge in [-0.05, 0) is 97.4 Å². The number of nitrogens with zero attached hydrogens (tertiary/aromatic N) is 5. The van der Waals surface area contributed by atoms with E-state index in [4.69, 9.17) is 9.47 Å². The van der Waals surface area contributed by atoms with Gasteiger partial charge in [0.05, 0.1) is 58.5 Å². The van der Waals surface area contributed by atoms with Crippen molar-refractivity contribution in [1.29, 1.82) is 0 Å². The molecule has 3 saturated heterocycles. The number of pyridine rings is 1. The number of nitrogens with one attached hydrogen (secondary N) is 3. The molecule has 9 atom stereocenters. The Morgan fingerprint density at radius 2 is 1.68 bits per heavy atom. The number of aliphatic hydroxyl groups is 2. The Bertz CT molecular complexity index is 2730. The number of ether oxygens (including phenoxy) is 2. The van der Waals surface area contributed by atoms with Crippen LogP contribution in [0.4, 0.5) is 9.59 Å². The minimum atomic E-state index is -1.05. The predicted octanol–water partition coefficient (Wildman–Crippen LogP) is 9.08. The number of amides is 4. The summed E-state index contributed by atoms with van der Waals surface area (Å²) in [6, 6.07) is 24.7. The van der Waals surface area contributed by atoms with Crippen molar-refractivity contribution in [3.8, 4) is 5.75 Å². The molecule has 1 unspecified atom stereocenters. The van der Waals surface area contributed by atoms with Crippen LogP contribution in [0.2, 0.25) is 0 Å². The third kappa shape index (κ3) is 15.2. The zero-order valence-corrected chi connectivity index (χ0v) is 44.9. The minimum Gasteiger partial charge on any atom is -0.497 e. The fourth-order valence-corrected chi connectivity index (χ4v) is 11.2. The number of hydrogen-bond donors (Lipinski definition) is 5. The number of carbonyl (C=O) groups excluding carboxylic acids is 3. The number of hydrogen-bond acceptors (Lipinski definition) is 13. The van der Waals surface area contributed by atoms with E-state index in [-0.39, 0.29) is 36.9 Å². The number of piperidine rings is 3. The second-order valence-corrected chi connectivity index (χ2v) is 21.9. The monoisotopic (exact) mass is 1040 g/mol. The Balaban J connectivity index is 0.000000275. The maximum Gasteiger partial charge on any atom is 0.407 e. The Hall–Kier alpha value is -6.24. The zero-order valence-electron chi connectivity index (χ0n) is 43.3. The highest BCUT2D eigenvalue weighted by molar-refractivity contribution is 7.09. The molecular weight excluding hydrogens is 973 g/mol. The topological polar surface area (TPSA) is 191 Å². The molecule has 394 valence electrons. The average molecular weight is 1050 g/mol. The Kier molecular flexibility index (Phi) is 20.1. The van der Waals surface area contributed by atoms with Gasteiger partial charge in [-0.15, -0.1) is 29.3 Å².